The molecule has 4 heteroatoms. The van der Waals surface area contributed by atoms with Gasteiger partial charge in [0.2, 0.25) is 0 Å². The minimum absolute atomic E-state index is 0.147. The average molecular weight is 267 g/mol. The fraction of sp³-hybridized carbons (Fsp3) is 0.500. The van der Waals surface area contributed by atoms with Crippen molar-refractivity contribution in [2.75, 3.05) is 0 Å². The lowest BCUT2D eigenvalue weighted by atomic mass is 9.95. The normalized spacial score (nSPS) is 12.7. The van der Waals surface area contributed by atoms with Gasteiger partial charge in [0.05, 0.1) is 10.3 Å². The monoisotopic (exact) mass is 267 g/mol. The first kappa shape index (κ1) is 13.4. The van der Waals surface area contributed by atoms with Crippen molar-refractivity contribution in [1.29, 1.82) is 0 Å². The second kappa shape index (κ2) is 4.28. The van der Waals surface area contributed by atoms with Crippen LogP contribution in [0.1, 0.15) is 49.6 Å². The molecule has 98 valence electrons. The van der Waals surface area contributed by atoms with Gasteiger partial charge in [0.1, 0.15) is 5.52 Å². The Morgan fingerprint density at radius 2 is 2.00 bits per heavy atom. The Balaban J connectivity index is 2.76. The summed E-state index contributed by atoms with van der Waals surface area (Å²) in [6.07, 6.45) is 1.58. The Hall–Kier alpha value is -1.000. The number of fused-ring (bicyclic) bond motifs is 1. The number of rotatable bonds is 2. The van der Waals surface area contributed by atoms with E-state index in [1.807, 2.05) is 20.8 Å². The van der Waals surface area contributed by atoms with Crippen molar-refractivity contribution >= 4 is 21.6 Å². The standard InChI is InChI=1S/C14H18FNOS/c1-7(2)12-10(15)11-13(18-12)8(3)9(6-16-11)14(4,5)17/h6-7,17H,1-5H3. The predicted octanol–water partition coefficient (Wildman–Crippen LogP) is 4.09. The zero-order valence-electron chi connectivity index (χ0n) is 11.3. The fourth-order valence-corrected chi connectivity index (χ4v) is 3.27. The Bertz CT molecular complexity index is 596. The van der Waals surface area contributed by atoms with Gasteiger partial charge in [0, 0.05) is 16.6 Å². The van der Waals surface area contributed by atoms with Crippen LogP contribution in [0.25, 0.3) is 10.2 Å². The van der Waals surface area contributed by atoms with E-state index in [0.717, 1.165) is 20.7 Å². The van der Waals surface area contributed by atoms with Crippen LogP contribution in [-0.4, -0.2) is 10.1 Å². The summed E-state index contributed by atoms with van der Waals surface area (Å²) >= 11 is 1.44. The van der Waals surface area contributed by atoms with Crippen LogP contribution in [0, 0.1) is 12.7 Å². The number of nitrogens with zero attached hydrogens (tertiary/aromatic N) is 1. The molecular weight excluding hydrogens is 249 g/mol. The molecule has 0 aliphatic heterocycles. The molecule has 0 amide bonds. The second-order valence-electron chi connectivity index (χ2n) is 5.47. The van der Waals surface area contributed by atoms with E-state index in [-0.39, 0.29) is 11.7 Å². The number of aryl methyl sites for hydroxylation is 1. The molecule has 0 spiro atoms. The van der Waals surface area contributed by atoms with E-state index in [1.54, 1.807) is 20.0 Å². The zero-order valence-corrected chi connectivity index (χ0v) is 12.2. The SMILES string of the molecule is Cc1c(C(C)(C)O)cnc2c(F)c(C(C)C)sc12. The maximum atomic E-state index is 14.2. The van der Waals surface area contributed by atoms with E-state index in [1.165, 1.54) is 11.3 Å². The van der Waals surface area contributed by atoms with Gasteiger partial charge in [0.25, 0.3) is 0 Å². The molecule has 0 aromatic carbocycles. The molecule has 0 bridgehead atoms. The molecule has 18 heavy (non-hydrogen) atoms. The van der Waals surface area contributed by atoms with Crippen LogP contribution in [0.5, 0.6) is 0 Å². The van der Waals surface area contributed by atoms with Crippen LogP contribution in [0.15, 0.2) is 6.20 Å². The number of aromatic nitrogens is 1. The van der Waals surface area contributed by atoms with E-state index in [0.29, 0.717) is 5.52 Å². The van der Waals surface area contributed by atoms with Crippen LogP contribution in [0.2, 0.25) is 0 Å². The third-order valence-electron chi connectivity index (χ3n) is 3.10. The summed E-state index contributed by atoms with van der Waals surface area (Å²) in [4.78, 5) is 4.92. The van der Waals surface area contributed by atoms with E-state index in [9.17, 15) is 9.50 Å². The van der Waals surface area contributed by atoms with Crippen molar-refractivity contribution in [1.82, 2.24) is 4.98 Å². The molecular formula is C14H18FNOS. The molecule has 0 saturated carbocycles. The highest BCUT2D eigenvalue weighted by molar-refractivity contribution is 7.19. The molecule has 0 aliphatic carbocycles. The number of hydrogen-bond donors (Lipinski definition) is 1. The van der Waals surface area contributed by atoms with Crippen molar-refractivity contribution in [3.63, 3.8) is 0 Å². The van der Waals surface area contributed by atoms with Gasteiger partial charge in [0.15, 0.2) is 5.82 Å². The predicted molar refractivity (Wildman–Crippen MR) is 73.6 cm³/mol. The van der Waals surface area contributed by atoms with Crippen LogP contribution < -0.4 is 0 Å². The van der Waals surface area contributed by atoms with Gasteiger partial charge in [-0.15, -0.1) is 11.3 Å². The van der Waals surface area contributed by atoms with Crippen molar-refractivity contribution in [3.05, 3.63) is 28.0 Å². The third-order valence-corrected chi connectivity index (χ3v) is 4.68. The minimum atomic E-state index is -0.955. The van der Waals surface area contributed by atoms with Crippen LogP contribution in [0.3, 0.4) is 0 Å². The van der Waals surface area contributed by atoms with Crippen LogP contribution >= 0.6 is 11.3 Å². The molecule has 2 rings (SSSR count). The highest BCUT2D eigenvalue weighted by Gasteiger charge is 2.24. The lowest BCUT2D eigenvalue weighted by molar-refractivity contribution is 0.0777. The van der Waals surface area contributed by atoms with Gasteiger partial charge < -0.3 is 5.11 Å². The second-order valence-corrected chi connectivity index (χ2v) is 6.52. The molecule has 0 unspecified atom stereocenters. The van der Waals surface area contributed by atoms with Crippen molar-refractivity contribution in [2.45, 2.75) is 46.1 Å². The average Bonchev–Trinajstić information content (AvgIpc) is 2.56. The Labute approximate surface area is 110 Å². The summed E-state index contributed by atoms with van der Waals surface area (Å²) in [5, 5.41) is 10.1. The van der Waals surface area contributed by atoms with E-state index < -0.39 is 5.60 Å². The van der Waals surface area contributed by atoms with Crippen LogP contribution in [-0.2, 0) is 5.60 Å². The fourth-order valence-electron chi connectivity index (χ4n) is 2.13. The van der Waals surface area contributed by atoms with Crippen molar-refractivity contribution in [2.24, 2.45) is 0 Å². The Morgan fingerprint density at radius 3 is 2.50 bits per heavy atom. The smallest absolute Gasteiger partial charge is 0.163 e. The highest BCUT2D eigenvalue weighted by atomic mass is 32.1. The largest absolute Gasteiger partial charge is 0.386 e. The number of hydrogen-bond acceptors (Lipinski definition) is 3. The van der Waals surface area contributed by atoms with Crippen molar-refractivity contribution in [3.8, 4) is 0 Å². The molecule has 0 atom stereocenters. The highest BCUT2D eigenvalue weighted by Crippen LogP contribution is 2.38. The molecule has 2 aromatic heterocycles. The molecule has 1 N–H and O–H groups in total. The van der Waals surface area contributed by atoms with Gasteiger partial charge >= 0.3 is 0 Å². The summed E-state index contributed by atoms with van der Waals surface area (Å²) in [6, 6.07) is 0. The molecule has 0 aliphatic rings. The summed E-state index contributed by atoms with van der Waals surface area (Å²) < 4.78 is 15.0. The minimum Gasteiger partial charge on any atom is -0.386 e. The number of thiophene rings is 1. The van der Waals surface area contributed by atoms with Gasteiger partial charge in [-0.3, -0.25) is 4.98 Å². The molecule has 0 radical (unpaired) electrons. The number of aliphatic hydroxyl groups is 1. The number of pyridine rings is 1. The van der Waals surface area contributed by atoms with Crippen LogP contribution in [0.4, 0.5) is 4.39 Å². The lowest BCUT2D eigenvalue weighted by Crippen LogP contribution is -2.17. The zero-order chi connectivity index (χ0) is 13.7. The summed E-state index contributed by atoms with van der Waals surface area (Å²) in [5.41, 5.74) is 1.15. The molecule has 0 fully saturated rings. The number of halogens is 1. The van der Waals surface area contributed by atoms with Crippen molar-refractivity contribution < 1.29 is 9.50 Å². The first-order valence-electron chi connectivity index (χ1n) is 6.03. The third kappa shape index (κ3) is 2.04. The van der Waals surface area contributed by atoms with Gasteiger partial charge in [-0.1, -0.05) is 13.8 Å². The van der Waals surface area contributed by atoms with E-state index >= 15 is 0 Å². The Morgan fingerprint density at radius 1 is 1.39 bits per heavy atom. The first-order chi connectivity index (χ1) is 8.23. The van der Waals surface area contributed by atoms with E-state index in [2.05, 4.69) is 4.98 Å². The maximum Gasteiger partial charge on any atom is 0.163 e. The summed E-state index contributed by atoms with van der Waals surface area (Å²) in [6.45, 7) is 9.30. The molecule has 0 saturated heterocycles. The first-order valence-corrected chi connectivity index (χ1v) is 6.85. The topological polar surface area (TPSA) is 33.1 Å². The quantitative estimate of drug-likeness (QED) is 0.888. The molecule has 2 aromatic rings. The van der Waals surface area contributed by atoms with Gasteiger partial charge in [-0.25, -0.2) is 4.39 Å². The maximum absolute atomic E-state index is 14.2. The van der Waals surface area contributed by atoms with E-state index in [4.69, 9.17) is 0 Å². The lowest BCUT2D eigenvalue weighted by Gasteiger charge is -2.19. The van der Waals surface area contributed by atoms with Gasteiger partial charge in [-0.2, -0.15) is 0 Å². The summed E-state index contributed by atoms with van der Waals surface area (Å²) in [7, 11) is 0. The summed E-state index contributed by atoms with van der Waals surface area (Å²) in [5.74, 6) is -0.0652. The van der Waals surface area contributed by atoms with Gasteiger partial charge in [-0.05, 0) is 32.3 Å². The molecule has 2 nitrogen and oxygen atoms in total. The molecule has 2 heterocycles. The Kier molecular flexibility index (Phi) is 3.19.